The Balaban J connectivity index is 2.23. The summed E-state index contributed by atoms with van der Waals surface area (Å²) in [6, 6.07) is 10.8. The molecule has 0 aliphatic rings. The number of amides is 1. The molecule has 0 spiro atoms. The van der Waals surface area contributed by atoms with Crippen LogP contribution in [0.15, 0.2) is 47.4 Å². The summed E-state index contributed by atoms with van der Waals surface area (Å²) in [5.74, 6) is -0.255. The molecule has 0 aromatic heterocycles. The summed E-state index contributed by atoms with van der Waals surface area (Å²) in [4.78, 5) is 12.2. The van der Waals surface area contributed by atoms with Crippen molar-refractivity contribution in [2.75, 3.05) is 4.72 Å². The maximum atomic E-state index is 12.5. The number of anilines is 1. The van der Waals surface area contributed by atoms with Gasteiger partial charge in [0.15, 0.2) is 0 Å². The van der Waals surface area contributed by atoms with Crippen LogP contribution in [0.4, 0.5) is 5.69 Å². The fourth-order valence-electron chi connectivity index (χ4n) is 2.12. The first-order chi connectivity index (χ1) is 11.5. The molecule has 5 nitrogen and oxygen atoms in total. The topological polar surface area (TPSA) is 75.3 Å². The highest BCUT2D eigenvalue weighted by Gasteiger charge is 2.18. The first-order valence-electron chi connectivity index (χ1n) is 7.70. The Morgan fingerprint density at radius 3 is 2.20 bits per heavy atom. The van der Waals surface area contributed by atoms with Crippen LogP contribution in [-0.4, -0.2) is 19.9 Å². The normalized spacial score (nSPS) is 11.9. The van der Waals surface area contributed by atoms with Crippen molar-refractivity contribution in [1.82, 2.24) is 5.32 Å². The third kappa shape index (κ3) is 4.96. The minimum atomic E-state index is -3.77. The van der Waals surface area contributed by atoms with Gasteiger partial charge in [0, 0.05) is 16.1 Å². The molecule has 0 bridgehead atoms. The number of benzene rings is 2. The van der Waals surface area contributed by atoms with Gasteiger partial charge in [-0.3, -0.25) is 9.52 Å². The minimum absolute atomic E-state index is 0.0687. The molecule has 0 saturated carbocycles. The van der Waals surface area contributed by atoms with Gasteiger partial charge >= 0.3 is 0 Å². The second-order valence-corrected chi connectivity index (χ2v) is 8.84. The van der Waals surface area contributed by atoms with Crippen molar-refractivity contribution in [2.45, 2.75) is 38.1 Å². The fraction of sp³-hybridized carbons (Fsp3) is 0.278. The molecule has 0 aliphatic heterocycles. The molecular formula is C18H21ClN2O3S. The summed E-state index contributed by atoms with van der Waals surface area (Å²) < 4.78 is 27.6. The summed E-state index contributed by atoms with van der Waals surface area (Å²) in [5.41, 5.74) is 1.09. The van der Waals surface area contributed by atoms with Gasteiger partial charge in [-0.2, -0.15) is 0 Å². The van der Waals surface area contributed by atoms with Gasteiger partial charge in [0.25, 0.3) is 15.9 Å². The molecule has 0 unspecified atom stereocenters. The van der Waals surface area contributed by atoms with Gasteiger partial charge in [-0.15, -0.1) is 0 Å². The SMILES string of the molecule is Cc1c(Cl)cccc1NS(=O)(=O)c1ccc(C(=O)NC(C)(C)C)cc1. The van der Waals surface area contributed by atoms with E-state index in [1.807, 2.05) is 20.8 Å². The van der Waals surface area contributed by atoms with E-state index >= 15 is 0 Å². The van der Waals surface area contributed by atoms with Crippen molar-refractivity contribution in [3.63, 3.8) is 0 Å². The third-order valence-corrected chi connectivity index (χ3v) is 5.22. The third-order valence-electron chi connectivity index (χ3n) is 3.43. The molecule has 1 amide bonds. The van der Waals surface area contributed by atoms with E-state index < -0.39 is 10.0 Å². The molecule has 134 valence electrons. The molecule has 0 heterocycles. The lowest BCUT2D eigenvalue weighted by Crippen LogP contribution is -2.40. The number of hydrogen-bond donors (Lipinski definition) is 2. The van der Waals surface area contributed by atoms with Gasteiger partial charge < -0.3 is 5.32 Å². The Labute approximate surface area is 153 Å². The lowest BCUT2D eigenvalue weighted by atomic mass is 10.1. The maximum Gasteiger partial charge on any atom is 0.261 e. The van der Waals surface area contributed by atoms with Crippen LogP contribution in [0.25, 0.3) is 0 Å². The van der Waals surface area contributed by atoms with Crippen molar-refractivity contribution in [1.29, 1.82) is 0 Å². The zero-order valence-electron chi connectivity index (χ0n) is 14.6. The summed E-state index contributed by atoms with van der Waals surface area (Å²) in [5, 5.41) is 3.31. The number of halogens is 1. The molecule has 2 aromatic carbocycles. The minimum Gasteiger partial charge on any atom is -0.347 e. The van der Waals surface area contributed by atoms with Crippen LogP contribution in [0.1, 0.15) is 36.7 Å². The van der Waals surface area contributed by atoms with E-state index in [1.54, 1.807) is 25.1 Å². The van der Waals surface area contributed by atoms with E-state index in [0.29, 0.717) is 21.8 Å². The molecular weight excluding hydrogens is 360 g/mol. The van der Waals surface area contributed by atoms with Gasteiger partial charge in [-0.1, -0.05) is 17.7 Å². The van der Waals surface area contributed by atoms with Gasteiger partial charge in [-0.25, -0.2) is 8.42 Å². The second-order valence-electron chi connectivity index (χ2n) is 6.75. The lowest BCUT2D eigenvalue weighted by molar-refractivity contribution is 0.0919. The number of carbonyl (C=O) groups is 1. The summed E-state index contributed by atoms with van der Waals surface area (Å²) in [6.07, 6.45) is 0. The van der Waals surface area contributed by atoms with E-state index in [-0.39, 0.29) is 16.3 Å². The molecule has 2 aromatic rings. The molecule has 0 radical (unpaired) electrons. The van der Waals surface area contributed by atoms with Crippen LogP contribution < -0.4 is 10.0 Å². The summed E-state index contributed by atoms with van der Waals surface area (Å²) in [6.45, 7) is 7.36. The van der Waals surface area contributed by atoms with Crippen molar-refractivity contribution in [2.24, 2.45) is 0 Å². The van der Waals surface area contributed by atoms with E-state index in [1.165, 1.54) is 24.3 Å². The number of rotatable bonds is 4. The predicted molar refractivity (Wildman–Crippen MR) is 101 cm³/mol. The monoisotopic (exact) mass is 380 g/mol. The van der Waals surface area contributed by atoms with Crippen molar-refractivity contribution in [3.8, 4) is 0 Å². The summed E-state index contributed by atoms with van der Waals surface area (Å²) in [7, 11) is -3.77. The number of carbonyl (C=O) groups excluding carboxylic acids is 1. The smallest absolute Gasteiger partial charge is 0.261 e. The quantitative estimate of drug-likeness (QED) is 0.842. The maximum absolute atomic E-state index is 12.5. The van der Waals surface area contributed by atoms with E-state index in [4.69, 9.17) is 11.6 Å². The zero-order chi connectivity index (χ0) is 18.8. The fourth-order valence-corrected chi connectivity index (χ4v) is 3.42. The van der Waals surface area contributed by atoms with Crippen LogP contribution in [-0.2, 0) is 10.0 Å². The molecule has 2 rings (SSSR count). The van der Waals surface area contributed by atoms with Crippen LogP contribution in [0.5, 0.6) is 0 Å². The van der Waals surface area contributed by atoms with E-state index in [0.717, 1.165) is 0 Å². The number of nitrogens with one attached hydrogen (secondary N) is 2. The Morgan fingerprint density at radius 1 is 1.04 bits per heavy atom. The molecule has 7 heteroatoms. The molecule has 25 heavy (non-hydrogen) atoms. The Hall–Kier alpha value is -2.05. The zero-order valence-corrected chi connectivity index (χ0v) is 16.1. The molecule has 0 aliphatic carbocycles. The van der Waals surface area contributed by atoms with Crippen LogP contribution in [0.3, 0.4) is 0 Å². The highest BCUT2D eigenvalue weighted by atomic mass is 35.5. The van der Waals surface area contributed by atoms with E-state index in [2.05, 4.69) is 10.0 Å². The van der Waals surface area contributed by atoms with Crippen molar-refractivity contribution < 1.29 is 13.2 Å². The number of sulfonamides is 1. The predicted octanol–water partition coefficient (Wildman–Crippen LogP) is 3.98. The van der Waals surface area contributed by atoms with Gasteiger partial charge in [0.1, 0.15) is 0 Å². The Bertz CT molecular complexity index is 886. The molecule has 2 N–H and O–H groups in total. The Kier molecular flexibility index (Phi) is 5.44. The average molecular weight is 381 g/mol. The molecule has 0 fully saturated rings. The van der Waals surface area contributed by atoms with Crippen LogP contribution in [0, 0.1) is 6.92 Å². The number of hydrogen-bond acceptors (Lipinski definition) is 3. The highest BCUT2D eigenvalue weighted by Crippen LogP contribution is 2.25. The van der Waals surface area contributed by atoms with Gasteiger partial charge in [-0.05, 0) is 69.7 Å². The highest BCUT2D eigenvalue weighted by molar-refractivity contribution is 7.92. The van der Waals surface area contributed by atoms with Crippen molar-refractivity contribution in [3.05, 3.63) is 58.6 Å². The van der Waals surface area contributed by atoms with Gasteiger partial charge in [0.2, 0.25) is 0 Å². The first-order valence-corrected chi connectivity index (χ1v) is 9.56. The molecule has 0 atom stereocenters. The Morgan fingerprint density at radius 2 is 1.64 bits per heavy atom. The summed E-state index contributed by atoms with van der Waals surface area (Å²) >= 11 is 6.02. The second kappa shape index (κ2) is 7.06. The van der Waals surface area contributed by atoms with Crippen LogP contribution >= 0.6 is 11.6 Å². The average Bonchev–Trinajstić information content (AvgIpc) is 2.50. The van der Waals surface area contributed by atoms with Gasteiger partial charge in [0.05, 0.1) is 10.6 Å². The lowest BCUT2D eigenvalue weighted by Gasteiger charge is -2.20. The van der Waals surface area contributed by atoms with Crippen LogP contribution in [0.2, 0.25) is 5.02 Å². The molecule has 0 saturated heterocycles. The largest absolute Gasteiger partial charge is 0.347 e. The van der Waals surface area contributed by atoms with Crippen molar-refractivity contribution >= 4 is 33.2 Å². The standard InChI is InChI=1S/C18H21ClN2O3S/c1-12-15(19)6-5-7-16(12)21-25(23,24)14-10-8-13(9-11-14)17(22)20-18(2,3)4/h5-11,21H,1-4H3,(H,20,22). The first kappa shape index (κ1) is 19.3. The van der Waals surface area contributed by atoms with E-state index in [9.17, 15) is 13.2 Å².